The summed E-state index contributed by atoms with van der Waals surface area (Å²) in [6.45, 7) is 6.00. The predicted octanol–water partition coefficient (Wildman–Crippen LogP) is 4.54. The zero-order valence-corrected chi connectivity index (χ0v) is 18.2. The number of anilines is 1. The molecule has 0 fully saturated rings. The number of hydrogen-bond donors (Lipinski definition) is 2. The summed E-state index contributed by atoms with van der Waals surface area (Å²) in [5.74, 6) is 5.91. The molecule has 1 aliphatic rings. The lowest BCUT2D eigenvalue weighted by molar-refractivity contribution is 0.0998. The zero-order valence-electron chi connectivity index (χ0n) is 18.2. The third-order valence-corrected chi connectivity index (χ3v) is 4.72. The fourth-order valence-electron chi connectivity index (χ4n) is 3.22. The number of nitrogens with one attached hydrogen (secondary N) is 2. The molecule has 0 unspecified atom stereocenters. The molecule has 0 spiro atoms. The summed E-state index contributed by atoms with van der Waals surface area (Å²) < 4.78 is 0. The second-order valence-corrected chi connectivity index (χ2v) is 8.53. The first-order chi connectivity index (χ1) is 15.3. The van der Waals surface area contributed by atoms with Crippen LogP contribution in [-0.4, -0.2) is 32.4 Å². The van der Waals surface area contributed by atoms with Gasteiger partial charge in [-0.15, -0.1) is 0 Å². The minimum absolute atomic E-state index is 0.0631. The molecule has 32 heavy (non-hydrogen) atoms. The van der Waals surface area contributed by atoms with Crippen molar-refractivity contribution in [1.82, 2.24) is 15.0 Å². The molecule has 7 heteroatoms. The Bertz CT molecular complexity index is 1330. The monoisotopic (exact) mass is 425 g/mol. The highest BCUT2D eigenvalue weighted by atomic mass is 16.2. The molecule has 3 heterocycles. The number of para-hydroxylation sites is 1. The van der Waals surface area contributed by atoms with Gasteiger partial charge < -0.3 is 4.98 Å². The van der Waals surface area contributed by atoms with Crippen molar-refractivity contribution in [2.45, 2.75) is 33.6 Å². The van der Waals surface area contributed by atoms with Gasteiger partial charge in [0.15, 0.2) is 5.78 Å². The number of fused-ring (bicyclic) bond motifs is 1. The van der Waals surface area contributed by atoms with Crippen LogP contribution in [0.25, 0.3) is 11.0 Å². The third-order valence-electron chi connectivity index (χ3n) is 4.72. The summed E-state index contributed by atoms with van der Waals surface area (Å²) in [5.41, 5.74) is 3.04. The smallest absolute Gasteiger partial charge is 0.277 e. The summed E-state index contributed by atoms with van der Waals surface area (Å²) in [4.78, 5) is 41.6. The number of rotatable bonds is 5. The lowest BCUT2D eigenvalue weighted by atomic mass is 9.97. The first-order valence-electron chi connectivity index (χ1n) is 10.3. The van der Waals surface area contributed by atoms with Gasteiger partial charge in [-0.05, 0) is 45.0 Å². The molecule has 1 amide bonds. The van der Waals surface area contributed by atoms with Crippen molar-refractivity contribution in [3.63, 3.8) is 0 Å². The average molecular weight is 425 g/mol. The maximum Gasteiger partial charge on any atom is 0.277 e. The minimum Gasteiger partial charge on any atom is -0.324 e. The van der Waals surface area contributed by atoms with E-state index in [-0.39, 0.29) is 29.3 Å². The Kier molecular flexibility index (Phi) is 5.69. The SMILES string of the molecule is CC(C)(C)C#Cc1cccnc1C(=O)Nc1nc2c(C(=O)CC3=NC=CC3)cccc2[nH]1. The van der Waals surface area contributed by atoms with Crippen LogP contribution in [0.2, 0.25) is 0 Å². The van der Waals surface area contributed by atoms with Gasteiger partial charge in [0.05, 0.1) is 11.1 Å². The number of carbonyl (C=O) groups is 2. The number of aromatic amines is 1. The Labute approximate surface area is 186 Å². The van der Waals surface area contributed by atoms with Crippen molar-refractivity contribution in [3.05, 3.63) is 65.6 Å². The Morgan fingerprint density at radius 1 is 1.19 bits per heavy atom. The van der Waals surface area contributed by atoms with E-state index in [0.29, 0.717) is 28.6 Å². The van der Waals surface area contributed by atoms with Crippen molar-refractivity contribution < 1.29 is 9.59 Å². The van der Waals surface area contributed by atoms with Crippen molar-refractivity contribution in [3.8, 4) is 11.8 Å². The highest BCUT2D eigenvalue weighted by Crippen LogP contribution is 2.21. The maximum absolute atomic E-state index is 12.9. The largest absolute Gasteiger partial charge is 0.324 e. The zero-order chi connectivity index (χ0) is 22.7. The van der Waals surface area contributed by atoms with Gasteiger partial charge in [-0.1, -0.05) is 24.0 Å². The number of allylic oxidation sites excluding steroid dienone is 1. The molecule has 4 rings (SSSR count). The number of benzene rings is 1. The van der Waals surface area contributed by atoms with Gasteiger partial charge >= 0.3 is 0 Å². The molecule has 0 saturated carbocycles. The molecule has 160 valence electrons. The molecule has 0 saturated heterocycles. The number of aliphatic imine (C=N–C) groups is 1. The van der Waals surface area contributed by atoms with Gasteiger partial charge in [0.2, 0.25) is 5.95 Å². The van der Waals surface area contributed by atoms with E-state index in [1.54, 1.807) is 36.7 Å². The van der Waals surface area contributed by atoms with E-state index < -0.39 is 5.91 Å². The molecule has 7 nitrogen and oxygen atoms in total. The Morgan fingerprint density at radius 2 is 2.03 bits per heavy atom. The van der Waals surface area contributed by atoms with Crippen LogP contribution >= 0.6 is 0 Å². The Morgan fingerprint density at radius 3 is 2.78 bits per heavy atom. The van der Waals surface area contributed by atoms with E-state index in [1.807, 2.05) is 32.9 Å². The first-order valence-corrected chi connectivity index (χ1v) is 10.3. The fraction of sp³-hybridized carbons (Fsp3) is 0.240. The molecule has 1 aromatic carbocycles. The molecular weight excluding hydrogens is 402 g/mol. The summed E-state index contributed by atoms with van der Waals surface area (Å²) in [6.07, 6.45) is 6.11. The number of carbonyl (C=O) groups excluding carboxylic acids is 2. The molecule has 0 atom stereocenters. The number of imidazole rings is 1. The second-order valence-electron chi connectivity index (χ2n) is 8.53. The van der Waals surface area contributed by atoms with Crippen LogP contribution < -0.4 is 5.32 Å². The average Bonchev–Trinajstić information content (AvgIpc) is 3.40. The molecule has 1 aliphatic heterocycles. The summed E-state index contributed by atoms with van der Waals surface area (Å²) >= 11 is 0. The highest BCUT2D eigenvalue weighted by Gasteiger charge is 2.18. The molecule has 2 aromatic heterocycles. The van der Waals surface area contributed by atoms with E-state index in [0.717, 1.165) is 5.71 Å². The quantitative estimate of drug-likeness (QED) is 0.463. The van der Waals surface area contributed by atoms with E-state index in [9.17, 15) is 9.59 Å². The van der Waals surface area contributed by atoms with E-state index in [4.69, 9.17) is 0 Å². The number of pyridine rings is 1. The second kappa shape index (κ2) is 8.60. The van der Waals surface area contributed by atoms with Gasteiger partial charge in [-0.25, -0.2) is 9.97 Å². The van der Waals surface area contributed by atoms with Crippen molar-refractivity contribution in [2.75, 3.05) is 5.32 Å². The Hall–Kier alpha value is -4.05. The molecule has 0 radical (unpaired) electrons. The van der Waals surface area contributed by atoms with Crippen LogP contribution in [-0.2, 0) is 0 Å². The topological polar surface area (TPSA) is 100 Å². The number of H-pyrrole nitrogens is 1. The molecule has 3 aromatic rings. The predicted molar refractivity (Wildman–Crippen MR) is 125 cm³/mol. The van der Waals surface area contributed by atoms with Crippen molar-refractivity contribution in [2.24, 2.45) is 10.4 Å². The molecule has 2 N–H and O–H groups in total. The number of hydrogen-bond acceptors (Lipinski definition) is 5. The van der Waals surface area contributed by atoms with Crippen LogP contribution in [0, 0.1) is 17.3 Å². The third kappa shape index (κ3) is 4.81. The van der Waals surface area contributed by atoms with Gasteiger partial charge in [0.1, 0.15) is 11.2 Å². The van der Waals surface area contributed by atoms with E-state index in [2.05, 4.69) is 37.1 Å². The van der Waals surface area contributed by atoms with Gasteiger partial charge in [-0.2, -0.15) is 0 Å². The van der Waals surface area contributed by atoms with Gasteiger partial charge in [-0.3, -0.25) is 19.9 Å². The normalized spacial score (nSPS) is 12.9. The lowest BCUT2D eigenvalue weighted by Crippen LogP contribution is -2.16. The van der Waals surface area contributed by atoms with Crippen LogP contribution in [0.4, 0.5) is 5.95 Å². The fourth-order valence-corrected chi connectivity index (χ4v) is 3.22. The van der Waals surface area contributed by atoms with Crippen LogP contribution in [0.15, 0.2) is 53.8 Å². The molecule has 0 bridgehead atoms. The van der Waals surface area contributed by atoms with E-state index in [1.165, 1.54) is 0 Å². The van der Waals surface area contributed by atoms with Crippen molar-refractivity contribution in [1.29, 1.82) is 0 Å². The number of ketones is 1. The lowest BCUT2D eigenvalue weighted by Gasteiger charge is -2.08. The molecule has 0 aliphatic carbocycles. The van der Waals surface area contributed by atoms with Gasteiger partial charge in [0, 0.05) is 41.9 Å². The number of aromatic nitrogens is 3. The molecular formula is C25H23N5O2. The number of nitrogens with zero attached hydrogens (tertiary/aromatic N) is 3. The summed E-state index contributed by atoms with van der Waals surface area (Å²) in [5, 5.41) is 2.74. The summed E-state index contributed by atoms with van der Waals surface area (Å²) in [6, 6.07) is 8.83. The number of Topliss-reactive ketones (excluding diaryl/α,β-unsaturated/α-hetero) is 1. The van der Waals surface area contributed by atoms with Crippen molar-refractivity contribution >= 4 is 34.4 Å². The van der Waals surface area contributed by atoms with Crippen LogP contribution in [0.5, 0.6) is 0 Å². The van der Waals surface area contributed by atoms with E-state index >= 15 is 0 Å². The number of amides is 1. The van der Waals surface area contributed by atoms with Gasteiger partial charge in [0.25, 0.3) is 5.91 Å². The van der Waals surface area contributed by atoms with Crippen LogP contribution in [0.1, 0.15) is 60.0 Å². The maximum atomic E-state index is 12.9. The highest BCUT2D eigenvalue weighted by molar-refractivity contribution is 6.15. The summed E-state index contributed by atoms with van der Waals surface area (Å²) in [7, 11) is 0. The Balaban J connectivity index is 1.59. The van der Waals surface area contributed by atoms with Crippen LogP contribution in [0.3, 0.4) is 0 Å². The first kappa shape index (κ1) is 21.2. The minimum atomic E-state index is -0.429. The standard InChI is InChI=1S/C25H23N5O2/c1-25(2,3)12-11-16-7-5-14-27-21(16)23(32)30-24-28-19-10-4-9-18(22(19)29-24)20(31)15-17-8-6-13-26-17/h4-7,9-10,13-14H,8,15H2,1-3H3,(H2,28,29,30,32).